The van der Waals surface area contributed by atoms with Crippen molar-refractivity contribution in [3.63, 3.8) is 0 Å². The Labute approximate surface area is 143 Å². The number of methoxy groups -OCH3 is 1. The van der Waals surface area contributed by atoms with Crippen molar-refractivity contribution in [1.82, 2.24) is 10.2 Å². The van der Waals surface area contributed by atoms with Crippen LogP contribution < -0.4 is 15.4 Å². The molecule has 0 fully saturated rings. The lowest BCUT2D eigenvalue weighted by molar-refractivity contribution is 0.288. The van der Waals surface area contributed by atoms with Gasteiger partial charge in [-0.05, 0) is 44.5 Å². The molecule has 2 rings (SSSR count). The molecule has 0 spiro atoms. The molecule has 4 nitrogen and oxygen atoms in total. The van der Waals surface area contributed by atoms with Crippen molar-refractivity contribution in [2.45, 2.75) is 6.04 Å². The molecule has 2 N–H and O–H groups in total. The summed E-state index contributed by atoms with van der Waals surface area (Å²) in [6.45, 7) is 0.687. The first-order valence-corrected chi connectivity index (χ1v) is 7.92. The summed E-state index contributed by atoms with van der Waals surface area (Å²) < 4.78 is 5.48. The summed E-state index contributed by atoms with van der Waals surface area (Å²) >= 11 is 5.38. The fourth-order valence-corrected chi connectivity index (χ4v) is 2.60. The van der Waals surface area contributed by atoms with Gasteiger partial charge < -0.3 is 20.3 Å². The highest BCUT2D eigenvalue weighted by atomic mass is 32.1. The number of benzene rings is 2. The zero-order valence-corrected chi connectivity index (χ0v) is 14.6. The summed E-state index contributed by atoms with van der Waals surface area (Å²) in [6.07, 6.45) is 0. The molecule has 2 aromatic rings. The monoisotopic (exact) mass is 329 g/mol. The highest BCUT2D eigenvalue weighted by Gasteiger charge is 2.18. The number of para-hydroxylation sites is 2. The number of likely N-dealkylation sites (N-methyl/N-ethyl adjacent to an activating group) is 1. The van der Waals surface area contributed by atoms with Crippen LogP contribution in [-0.4, -0.2) is 37.8 Å². The minimum atomic E-state index is 0.154. The van der Waals surface area contributed by atoms with E-state index in [1.165, 1.54) is 0 Å². The summed E-state index contributed by atoms with van der Waals surface area (Å²) in [5.41, 5.74) is 2.11. The van der Waals surface area contributed by atoms with E-state index in [-0.39, 0.29) is 6.04 Å². The number of hydrogen-bond acceptors (Lipinski definition) is 3. The van der Waals surface area contributed by atoms with E-state index in [2.05, 4.69) is 21.6 Å². The van der Waals surface area contributed by atoms with Crippen LogP contribution in [0, 0.1) is 0 Å². The molecule has 1 atom stereocenters. The van der Waals surface area contributed by atoms with Crippen molar-refractivity contribution < 1.29 is 4.74 Å². The molecule has 0 bridgehead atoms. The van der Waals surface area contributed by atoms with Crippen molar-refractivity contribution in [2.24, 2.45) is 0 Å². The summed E-state index contributed by atoms with van der Waals surface area (Å²) in [4.78, 5) is 2.15. The number of thiocarbonyl (C=S) groups is 1. The average molecular weight is 329 g/mol. The molecule has 0 amide bonds. The number of nitrogens with one attached hydrogen (secondary N) is 2. The molecule has 2 aromatic carbocycles. The van der Waals surface area contributed by atoms with E-state index in [1.54, 1.807) is 7.11 Å². The minimum absolute atomic E-state index is 0.154. The first-order chi connectivity index (χ1) is 11.1. The number of ether oxygens (including phenoxy) is 1. The van der Waals surface area contributed by atoms with Crippen molar-refractivity contribution in [3.05, 3.63) is 60.2 Å². The Kier molecular flexibility index (Phi) is 6.38. The lowest BCUT2D eigenvalue weighted by Gasteiger charge is -2.27. The molecule has 0 radical (unpaired) electrons. The normalized spacial score (nSPS) is 11.8. The van der Waals surface area contributed by atoms with Gasteiger partial charge in [0.2, 0.25) is 0 Å². The Morgan fingerprint density at radius 2 is 1.74 bits per heavy atom. The van der Waals surface area contributed by atoms with Gasteiger partial charge in [0.15, 0.2) is 5.11 Å². The van der Waals surface area contributed by atoms with Gasteiger partial charge in [-0.25, -0.2) is 0 Å². The van der Waals surface area contributed by atoms with Gasteiger partial charge in [0, 0.05) is 17.8 Å². The van der Waals surface area contributed by atoms with Crippen LogP contribution in [0.25, 0.3) is 0 Å². The number of nitrogens with zero attached hydrogens (tertiary/aromatic N) is 1. The lowest BCUT2D eigenvalue weighted by atomic mass is 10.0. The molecule has 5 heteroatoms. The van der Waals surface area contributed by atoms with Crippen LogP contribution in [-0.2, 0) is 0 Å². The zero-order chi connectivity index (χ0) is 16.7. The molecule has 0 heterocycles. The maximum absolute atomic E-state index is 5.48. The second-order valence-electron chi connectivity index (χ2n) is 5.42. The van der Waals surface area contributed by atoms with Gasteiger partial charge in [0.1, 0.15) is 5.75 Å². The van der Waals surface area contributed by atoms with Crippen LogP contribution in [0.4, 0.5) is 5.69 Å². The average Bonchev–Trinajstić information content (AvgIpc) is 2.56. The summed E-state index contributed by atoms with van der Waals surface area (Å²) in [5, 5.41) is 7.08. The molecular formula is C18H23N3OS. The van der Waals surface area contributed by atoms with Gasteiger partial charge in [0.05, 0.1) is 13.2 Å². The molecule has 0 saturated heterocycles. The van der Waals surface area contributed by atoms with Crippen LogP contribution in [0.15, 0.2) is 54.6 Å². The van der Waals surface area contributed by atoms with Gasteiger partial charge in [-0.15, -0.1) is 0 Å². The molecule has 0 aliphatic rings. The summed E-state index contributed by atoms with van der Waals surface area (Å²) in [5.74, 6) is 0.884. The van der Waals surface area contributed by atoms with Gasteiger partial charge in [0.25, 0.3) is 0 Å². The third-order valence-electron chi connectivity index (χ3n) is 3.61. The van der Waals surface area contributed by atoms with E-state index in [1.807, 2.05) is 62.6 Å². The first kappa shape index (κ1) is 17.2. The molecule has 0 aliphatic heterocycles. The molecule has 0 aliphatic carbocycles. The highest BCUT2D eigenvalue weighted by Crippen LogP contribution is 2.27. The van der Waals surface area contributed by atoms with Crippen molar-refractivity contribution in [1.29, 1.82) is 0 Å². The Morgan fingerprint density at radius 3 is 2.39 bits per heavy atom. The smallest absolute Gasteiger partial charge is 0.170 e. The minimum Gasteiger partial charge on any atom is -0.496 e. The van der Waals surface area contributed by atoms with Crippen LogP contribution >= 0.6 is 12.2 Å². The first-order valence-electron chi connectivity index (χ1n) is 7.51. The second-order valence-corrected chi connectivity index (χ2v) is 5.83. The Hall–Kier alpha value is -2.11. The van der Waals surface area contributed by atoms with Crippen LogP contribution in [0.1, 0.15) is 11.6 Å². The Morgan fingerprint density at radius 1 is 1.09 bits per heavy atom. The number of hydrogen-bond donors (Lipinski definition) is 2. The standard InChI is InChI=1S/C18H23N3OS/c1-21(2)16(15-11-7-8-12-17(15)22-3)13-19-18(23)20-14-9-5-4-6-10-14/h4-12,16H,13H2,1-3H3,(H2,19,20,23). The SMILES string of the molecule is COc1ccccc1C(CNC(=S)Nc1ccccc1)N(C)C. The zero-order valence-electron chi connectivity index (χ0n) is 13.7. The Balaban J connectivity index is 2.01. The van der Waals surface area contributed by atoms with E-state index in [9.17, 15) is 0 Å². The topological polar surface area (TPSA) is 36.5 Å². The second kappa shape index (κ2) is 8.50. The largest absolute Gasteiger partial charge is 0.496 e. The van der Waals surface area contributed by atoms with E-state index in [0.717, 1.165) is 17.0 Å². The Bertz CT molecular complexity index is 631. The van der Waals surface area contributed by atoms with Crippen LogP contribution in [0.3, 0.4) is 0 Å². The molecule has 0 saturated carbocycles. The third-order valence-corrected chi connectivity index (χ3v) is 3.86. The van der Waals surface area contributed by atoms with E-state index < -0.39 is 0 Å². The van der Waals surface area contributed by atoms with Crippen molar-refractivity contribution in [3.8, 4) is 5.75 Å². The van der Waals surface area contributed by atoms with Crippen molar-refractivity contribution in [2.75, 3.05) is 33.1 Å². The van der Waals surface area contributed by atoms with E-state index in [0.29, 0.717) is 11.7 Å². The molecule has 122 valence electrons. The highest BCUT2D eigenvalue weighted by molar-refractivity contribution is 7.80. The molecule has 0 aromatic heterocycles. The van der Waals surface area contributed by atoms with Crippen molar-refractivity contribution >= 4 is 23.0 Å². The molecule has 23 heavy (non-hydrogen) atoms. The van der Waals surface area contributed by atoms with Gasteiger partial charge >= 0.3 is 0 Å². The van der Waals surface area contributed by atoms with Crippen LogP contribution in [0.5, 0.6) is 5.75 Å². The summed E-state index contributed by atoms with van der Waals surface area (Å²) in [6, 6.07) is 18.1. The maximum Gasteiger partial charge on any atom is 0.170 e. The van der Waals surface area contributed by atoms with Crippen LogP contribution in [0.2, 0.25) is 0 Å². The number of anilines is 1. The quantitative estimate of drug-likeness (QED) is 0.796. The van der Waals surface area contributed by atoms with Gasteiger partial charge in [-0.1, -0.05) is 36.4 Å². The predicted octanol–water partition coefficient (Wildman–Crippen LogP) is 3.28. The maximum atomic E-state index is 5.48. The van der Waals surface area contributed by atoms with E-state index >= 15 is 0 Å². The van der Waals surface area contributed by atoms with Gasteiger partial charge in [-0.3, -0.25) is 0 Å². The number of rotatable bonds is 6. The third kappa shape index (κ3) is 4.94. The predicted molar refractivity (Wildman–Crippen MR) is 100 cm³/mol. The molecule has 1 unspecified atom stereocenters. The summed E-state index contributed by atoms with van der Waals surface area (Å²) in [7, 11) is 5.79. The fraction of sp³-hybridized carbons (Fsp3) is 0.278. The lowest BCUT2D eigenvalue weighted by Crippen LogP contribution is -2.36. The fourth-order valence-electron chi connectivity index (χ4n) is 2.40. The van der Waals surface area contributed by atoms with Gasteiger partial charge in [-0.2, -0.15) is 0 Å². The molecular weight excluding hydrogens is 306 g/mol. The van der Waals surface area contributed by atoms with E-state index in [4.69, 9.17) is 17.0 Å².